The van der Waals surface area contributed by atoms with Gasteiger partial charge in [-0.3, -0.25) is 0 Å². The van der Waals surface area contributed by atoms with Crippen molar-refractivity contribution in [1.29, 1.82) is 0 Å². The summed E-state index contributed by atoms with van der Waals surface area (Å²) >= 11 is 0. The lowest BCUT2D eigenvalue weighted by Gasteiger charge is -2.53. The minimum Gasteiger partial charge on any atom is -0.325 e. The predicted molar refractivity (Wildman–Crippen MR) is 51.3 cm³/mol. The summed E-state index contributed by atoms with van der Waals surface area (Å²) in [6.45, 7) is 3.74. The van der Waals surface area contributed by atoms with Crippen molar-refractivity contribution in [1.82, 2.24) is 5.32 Å². The molecule has 1 unspecified atom stereocenters. The van der Waals surface area contributed by atoms with Gasteiger partial charge in [-0.25, -0.2) is 4.39 Å². The lowest BCUT2D eigenvalue weighted by molar-refractivity contribution is -0.0336. The highest BCUT2D eigenvalue weighted by Gasteiger charge is 2.53. The molecule has 3 N–H and O–H groups in total. The van der Waals surface area contributed by atoms with Crippen LogP contribution in [0, 0.1) is 5.92 Å². The van der Waals surface area contributed by atoms with E-state index in [9.17, 15) is 4.39 Å². The molecule has 2 aliphatic rings. The fourth-order valence-corrected chi connectivity index (χ4v) is 2.95. The molecule has 1 aliphatic heterocycles. The molecule has 3 heteroatoms. The van der Waals surface area contributed by atoms with Crippen LogP contribution in [0.15, 0.2) is 0 Å². The smallest absolute Gasteiger partial charge is 0.111 e. The number of alkyl halides is 1. The zero-order valence-electron chi connectivity index (χ0n) is 8.28. The Hall–Kier alpha value is -0.150. The van der Waals surface area contributed by atoms with Gasteiger partial charge in [0, 0.05) is 5.54 Å². The summed E-state index contributed by atoms with van der Waals surface area (Å²) in [5, 5.41) is 3.33. The number of rotatable bonds is 1. The molecule has 0 aromatic heterocycles. The van der Waals surface area contributed by atoms with E-state index in [-0.39, 0.29) is 5.54 Å². The minimum atomic E-state index is -0.994. The number of hydrogen-bond donors (Lipinski definition) is 2. The number of halogens is 1. The van der Waals surface area contributed by atoms with E-state index in [2.05, 4.69) is 5.32 Å². The van der Waals surface area contributed by atoms with Crippen LogP contribution in [0.3, 0.4) is 0 Å². The molecule has 0 bridgehead atoms. The Morgan fingerprint density at radius 1 is 1.46 bits per heavy atom. The van der Waals surface area contributed by atoms with Gasteiger partial charge < -0.3 is 11.1 Å². The molecule has 2 rings (SSSR count). The van der Waals surface area contributed by atoms with Crippen LogP contribution in [-0.2, 0) is 0 Å². The largest absolute Gasteiger partial charge is 0.325 e. The third-order valence-corrected chi connectivity index (χ3v) is 3.51. The van der Waals surface area contributed by atoms with E-state index in [1.54, 1.807) is 6.92 Å². The van der Waals surface area contributed by atoms with Gasteiger partial charge in [-0.2, -0.15) is 0 Å². The van der Waals surface area contributed by atoms with Crippen LogP contribution in [0.5, 0.6) is 0 Å². The molecule has 1 saturated heterocycles. The monoisotopic (exact) mass is 186 g/mol. The van der Waals surface area contributed by atoms with Crippen molar-refractivity contribution in [2.24, 2.45) is 11.7 Å². The maximum atomic E-state index is 13.4. The highest BCUT2D eigenvalue weighted by Crippen LogP contribution is 2.47. The summed E-state index contributed by atoms with van der Waals surface area (Å²) in [6, 6.07) is 0. The number of nitrogens with two attached hydrogens (primary N) is 1. The Morgan fingerprint density at radius 2 is 2.15 bits per heavy atom. The highest BCUT2D eigenvalue weighted by atomic mass is 19.1. The first kappa shape index (κ1) is 9.41. The van der Waals surface area contributed by atoms with E-state index in [1.165, 1.54) is 12.8 Å². The Balaban J connectivity index is 1.93. The molecule has 1 aliphatic carbocycles. The third kappa shape index (κ3) is 1.72. The molecule has 2 fully saturated rings. The number of nitrogens with one attached hydrogen (secondary N) is 1. The first-order chi connectivity index (χ1) is 6.02. The fraction of sp³-hybridized carbons (Fsp3) is 1.00. The van der Waals surface area contributed by atoms with Crippen molar-refractivity contribution in [3.05, 3.63) is 0 Å². The second kappa shape index (κ2) is 2.92. The van der Waals surface area contributed by atoms with Crippen molar-refractivity contribution in [3.8, 4) is 0 Å². The van der Waals surface area contributed by atoms with Crippen molar-refractivity contribution in [2.75, 3.05) is 13.1 Å². The van der Waals surface area contributed by atoms with Gasteiger partial charge in [0.2, 0.25) is 0 Å². The summed E-state index contributed by atoms with van der Waals surface area (Å²) in [5.74, 6) is 0.491. The molecule has 1 saturated carbocycles. The predicted octanol–water partition coefficient (Wildman–Crippen LogP) is 1.21. The van der Waals surface area contributed by atoms with Crippen LogP contribution in [0.4, 0.5) is 4.39 Å². The lowest BCUT2D eigenvalue weighted by Crippen LogP contribution is -2.65. The van der Waals surface area contributed by atoms with Crippen LogP contribution in [-0.4, -0.2) is 24.3 Å². The second-order valence-electron chi connectivity index (χ2n) is 5.04. The van der Waals surface area contributed by atoms with Gasteiger partial charge in [0.15, 0.2) is 0 Å². The van der Waals surface area contributed by atoms with Gasteiger partial charge in [-0.1, -0.05) is 0 Å². The maximum absolute atomic E-state index is 13.4. The zero-order chi connectivity index (χ0) is 9.53. The average molecular weight is 186 g/mol. The van der Waals surface area contributed by atoms with E-state index in [1.807, 2.05) is 0 Å². The Morgan fingerprint density at radius 3 is 2.62 bits per heavy atom. The van der Waals surface area contributed by atoms with Gasteiger partial charge in [0.1, 0.15) is 5.67 Å². The third-order valence-electron chi connectivity index (χ3n) is 3.51. The van der Waals surface area contributed by atoms with E-state index in [4.69, 9.17) is 5.73 Å². The molecule has 1 atom stereocenters. The van der Waals surface area contributed by atoms with Gasteiger partial charge in [0.25, 0.3) is 0 Å². The summed E-state index contributed by atoms with van der Waals surface area (Å²) in [6.07, 6.45) is 3.45. The minimum absolute atomic E-state index is 0.211. The fourth-order valence-electron chi connectivity index (χ4n) is 2.95. The number of hydrogen-bond acceptors (Lipinski definition) is 2. The van der Waals surface area contributed by atoms with Crippen molar-refractivity contribution in [2.45, 2.75) is 43.8 Å². The molecule has 0 radical (unpaired) electrons. The second-order valence-corrected chi connectivity index (χ2v) is 5.04. The summed E-state index contributed by atoms with van der Waals surface area (Å²) < 4.78 is 13.4. The van der Waals surface area contributed by atoms with Crippen LogP contribution >= 0.6 is 0 Å². The lowest BCUT2D eigenvalue weighted by atomic mass is 9.60. The molecule has 76 valence electrons. The summed E-state index contributed by atoms with van der Waals surface area (Å²) in [4.78, 5) is 0. The molecular weight excluding hydrogens is 167 g/mol. The molecule has 0 spiro atoms. The van der Waals surface area contributed by atoms with E-state index in [0.717, 1.165) is 13.1 Å². The van der Waals surface area contributed by atoms with Crippen LogP contribution < -0.4 is 11.1 Å². The van der Waals surface area contributed by atoms with Crippen molar-refractivity contribution in [3.63, 3.8) is 0 Å². The topological polar surface area (TPSA) is 38.0 Å². The average Bonchev–Trinajstić information content (AvgIpc) is 2.02. The van der Waals surface area contributed by atoms with Crippen LogP contribution in [0.2, 0.25) is 0 Å². The zero-order valence-corrected chi connectivity index (χ0v) is 8.28. The number of piperidine rings is 1. The van der Waals surface area contributed by atoms with Crippen LogP contribution in [0.25, 0.3) is 0 Å². The standard InChI is InChI=1S/C10H19FN2/c1-9(11)6-10(12,7-9)8-3-2-4-13-5-8/h8,13H,2-7,12H2,1H3. The first-order valence-electron chi connectivity index (χ1n) is 5.20. The van der Waals surface area contributed by atoms with E-state index < -0.39 is 5.67 Å². The molecule has 1 heterocycles. The SMILES string of the molecule is CC1(F)CC(N)(C2CCCNC2)C1. The quantitative estimate of drug-likeness (QED) is 0.646. The van der Waals surface area contributed by atoms with Crippen LogP contribution in [0.1, 0.15) is 32.6 Å². The summed E-state index contributed by atoms with van der Waals surface area (Å²) in [7, 11) is 0. The van der Waals surface area contributed by atoms with Gasteiger partial charge >= 0.3 is 0 Å². The molecule has 0 aromatic rings. The normalized spacial score (nSPS) is 51.5. The molecule has 2 nitrogen and oxygen atoms in total. The summed E-state index contributed by atoms with van der Waals surface area (Å²) in [5.41, 5.74) is 4.97. The Kier molecular flexibility index (Phi) is 2.11. The van der Waals surface area contributed by atoms with Crippen molar-refractivity contribution >= 4 is 0 Å². The highest BCUT2D eigenvalue weighted by molar-refractivity contribution is 5.10. The molecule has 0 aromatic carbocycles. The van der Waals surface area contributed by atoms with E-state index >= 15 is 0 Å². The van der Waals surface area contributed by atoms with Crippen molar-refractivity contribution < 1.29 is 4.39 Å². The van der Waals surface area contributed by atoms with Gasteiger partial charge in [-0.05, 0) is 51.6 Å². The molecular formula is C10H19FN2. The van der Waals surface area contributed by atoms with Gasteiger partial charge in [-0.15, -0.1) is 0 Å². The first-order valence-corrected chi connectivity index (χ1v) is 5.20. The maximum Gasteiger partial charge on any atom is 0.111 e. The Bertz CT molecular complexity index is 189. The molecule has 13 heavy (non-hydrogen) atoms. The molecule has 0 amide bonds. The van der Waals surface area contributed by atoms with E-state index in [0.29, 0.717) is 18.8 Å². The van der Waals surface area contributed by atoms with Gasteiger partial charge in [0.05, 0.1) is 0 Å². The Labute approximate surface area is 79.1 Å².